The third-order valence-electron chi connectivity index (χ3n) is 4.46. The highest BCUT2D eigenvalue weighted by Gasteiger charge is 2.24. The number of aryl methyl sites for hydroxylation is 1. The summed E-state index contributed by atoms with van der Waals surface area (Å²) in [4.78, 5) is 24.8. The van der Waals surface area contributed by atoms with Gasteiger partial charge in [-0.25, -0.2) is 4.79 Å². The molecule has 0 aliphatic heterocycles. The van der Waals surface area contributed by atoms with Gasteiger partial charge in [0.05, 0.1) is 13.3 Å². The Balaban J connectivity index is 2.10. The molecule has 0 aliphatic rings. The van der Waals surface area contributed by atoms with Gasteiger partial charge < -0.3 is 19.1 Å². The normalized spacial score (nSPS) is 12.3. The average Bonchev–Trinajstić information content (AvgIpc) is 2.73. The van der Waals surface area contributed by atoms with Crippen LogP contribution in [-0.2, 0) is 35.7 Å². The van der Waals surface area contributed by atoms with Gasteiger partial charge in [-0.2, -0.15) is 0 Å². The molecule has 156 valence electrons. The van der Waals surface area contributed by atoms with E-state index < -0.39 is 25.5 Å². The summed E-state index contributed by atoms with van der Waals surface area (Å²) >= 11 is 0. The molecule has 0 bridgehead atoms. The van der Waals surface area contributed by atoms with E-state index in [0.29, 0.717) is 17.5 Å². The number of nitrogens with one attached hydrogen (secondary N) is 1. The maximum atomic E-state index is 12.6. The van der Waals surface area contributed by atoms with E-state index in [4.69, 9.17) is 13.8 Å². The van der Waals surface area contributed by atoms with Crippen molar-refractivity contribution in [2.24, 2.45) is 0 Å². The first-order chi connectivity index (χ1) is 13.8. The van der Waals surface area contributed by atoms with Crippen LogP contribution in [-0.4, -0.2) is 39.2 Å². The van der Waals surface area contributed by atoms with E-state index in [0.717, 1.165) is 11.1 Å². The van der Waals surface area contributed by atoms with Gasteiger partial charge in [-0.15, -0.1) is 0 Å². The van der Waals surface area contributed by atoms with Gasteiger partial charge in [-0.05, 0) is 30.2 Å². The van der Waals surface area contributed by atoms with E-state index in [1.807, 2.05) is 31.2 Å². The molecule has 0 aliphatic carbocycles. The summed E-state index contributed by atoms with van der Waals surface area (Å²) in [5.41, 5.74) is 3.07. The van der Waals surface area contributed by atoms with Crippen LogP contribution in [0.3, 0.4) is 0 Å². The van der Waals surface area contributed by atoms with Crippen LogP contribution in [0.1, 0.15) is 27.0 Å². The second-order valence-corrected chi connectivity index (χ2v) is 8.84. The quantitative estimate of drug-likeness (QED) is 0.494. The third kappa shape index (κ3) is 6.53. The Morgan fingerprint density at radius 1 is 1.00 bits per heavy atom. The molecule has 0 radical (unpaired) electrons. The predicted octanol–water partition coefficient (Wildman–Crippen LogP) is 3.50. The predicted molar refractivity (Wildman–Crippen MR) is 110 cm³/mol. The van der Waals surface area contributed by atoms with Gasteiger partial charge in [-0.1, -0.05) is 42.0 Å². The summed E-state index contributed by atoms with van der Waals surface area (Å²) < 4.78 is 26.9. The van der Waals surface area contributed by atoms with Crippen molar-refractivity contribution in [1.82, 2.24) is 5.32 Å². The van der Waals surface area contributed by atoms with Crippen LogP contribution in [0, 0.1) is 6.92 Å². The molecule has 2 aromatic carbocycles. The maximum Gasteiger partial charge on any atom is 0.334 e. The summed E-state index contributed by atoms with van der Waals surface area (Å²) in [6, 6.07) is 13.5. The van der Waals surface area contributed by atoms with E-state index in [-0.39, 0.29) is 6.16 Å². The van der Waals surface area contributed by atoms with Gasteiger partial charge in [0, 0.05) is 26.2 Å². The number of methoxy groups -OCH3 is 1. The first-order valence-electron chi connectivity index (χ1n) is 9.04. The lowest BCUT2D eigenvalue weighted by atomic mass is 10.0. The van der Waals surface area contributed by atoms with Crippen molar-refractivity contribution >= 4 is 19.5 Å². The molecular weight excluding hydrogens is 393 g/mol. The SMILES string of the molecule is COC(=O)[C@@H](Cc1cccc(C)c1)NC(=O)c1ccc(CP(=O)(OC)OC)cc1. The Kier molecular flexibility index (Phi) is 8.14. The van der Waals surface area contributed by atoms with Gasteiger partial charge in [0.2, 0.25) is 0 Å². The Bertz CT molecular complexity index is 888. The molecule has 1 atom stereocenters. The molecule has 0 unspecified atom stereocenters. The maximum absolute atomic E-state index is 12.6. The zero-order valence-electron chi connectivity index (χ0n) is 17.0. The van der Waals surface area contributed by atoms with Crippen LogP contribution >= 0.6 is 7.60 Å². The topological polar surface area (TPSA) is 90.9 Å². The molecular formula is C21H26NO6P. The summed E-state index contributed by atoms with van der Waals surface area (Å²) in [6.45, 7) is 1.96. The van der Waals surface area contributed by atoms with Gasteiger partial charge >= 0.3 is 13.6 Å². The largest absolute Gasteiger partial charge is 0.467 e. The molecule has 0 saturated heterocycles. The number of hydrogen-bond donors (Lipinski definition) is 1. The number of amides is 1. The lowest BCUT2D eigenvalue weighted by Crippen LogP contribution is -2.43. The number of benzene rings is 2. The first kappa shape index (κ1) is 22.8. The number of hydrogen-bond acceptors (Lipinski definition) is 6. The van der Waals surface area contributed by atoms with Crippen molar-refractivity contribution in [3.63, 3.8) is 0 Å². The van der Waals surface area contributed by atoms with Crippen LogP contribution in [0.5, 0.6) is 0 Å². The summed E-state index contributed by atoms with van der Waals surface area (Å²) in [5, 5.41) is 2.72. The second kappa shape index (κ2) is 10.3. The van der Waals surface area contributed by atoms with Gasteiger partial charge in [-0.3, -0.25) is 9.36 Å². The standard InChI is InChI=1S/C21H26NO6P/c1-15-6-5-7-17(12-15)13-19(21(24)26-2)22-20(23)18-10-8-16(9-11-18)14-29(25,27-3)28-4/h5-12,19H,13-14H2,1-4H3,(H,22,23)/t19-/m1/s1. The zero-order valence-corrected chi connectivity index (χ0v) is 17.9. The molecule has 0 fully saturated rings. The molecule has 8 heteroatoms. The van der Waals surface area contributed by atoms with E-state index in [9.17, 15) is 14.2 Å². The minimum absolute atomic E-state index is 0.0973. The number of carbonyl (C=O) groups is 2. The number of rotatable bonds is 9. The van der Waals surface area contributed by atoms with Gasteiger partial charge in [0.1, 0.15) is 6.04 Å². The lowest BCUT2D eigenvalue weighted by molar-refractivity contribution is -0.142. The summed E-state index contributed by atoms with van der Waals surface area (Å²) in [5.74, 6) is -0.918. The van der Waals surface area contributed by atoms with Crippen molar-refractivity contribution in [2.75, 3.05) is 21.3 Å². The summed E-state index contributed by atoms with van der Waals surface area (Å²) in [7, 11) is 0.755. The second-order valence-electron chi connectivity index (χ2n) is 6.57. The molecule has 0 heterocycles. The Labute approximate surface area is 170 Å². The number of esters is 1. The molecule has 1 amide bonds. The Hall–Kier alpha value is -2.47. The molecule has 1 N–H and O–H groups in total. The van der Waals surface area contributed by atoms with Gasteiger partial charge in [0.25, 0.3) is 5.91 Å². The Morgan fingerprint density at radius 3 is 2.21 bits per heavy atom. The smallest absolute Gasteiger partial charge is 0.334 e. The van der Waals surface area contributed by atoms with Crippen molar-refractivity contribution in [2.45, 2.75) is 25.5 Å². The van der Waals surface area contributed by atoms with Crippen LogP contribution in [0.15, 0.2) is 48.5 Å². The van der Waals surface area contributed by atoms with Crippen LogP contribution in [0.2, 0.25) is 0 Å². The van der Waals surface area contributed by atoms with Crippen molar-refractivity contribution in [3.05, 3.63) is 70.8 Å². The molecule has 0 spiro atoms. The number of carbonyl (C=O) groups excluding carboxylic acids is 2. The lowest BCUT2D eigenvalue weighted by Gasteiger charge is -2.17. The highest BCUT2D eigenvalue weighted by atomic mass is 31.2. The van der Waals surface area contributed by atoms with Crippen LogP contribution < -0.4 is 5.32 Å². The molecule has 2 rings (SSSR count). The van der Waals surface area contributed by atoms with E-state index in [1.54, 1.807) is 24.3 Å². The van der Waals surface area contributed by atoms with Crippen molar-refractivity contribution in [1.29, 1.82) is 0 Å². The number of ether oxygens (including phenoxy) is 1. The monoisotopic (exact) mass is 419 g/mol. The zero-order chi connectivity index (χ0) is 21.4. The van der Waals surface area contributed by atoms with Crippen LogP contribution in [0.4, 0.5) is 0 Å². The van der Waals surface area contributed by atoms with E-state index in [2.05, 4.69) is 5.32 Å². The summed E-state index contributed by atoms with van der Waals surface area (Å²) in [6.07, 6.45) is 0.420. The highest BCUT2D eigenvalue weighted by Crippen LogP contribution is 2.49. The fraction of sp³-hybridized carbons (Fsp3) is 0.333. The van der Waals surface area contributed by atoms with Gasteiger partial charge in [0.15, 0.2) is 0 Å². The minimum atomic E-state index is -3.19. The van der Waals surface area contributed by atoms with E-state index >= 15 is 0 Å². The molecule has 2 aromatic rings. The molecule has 0 aromatic heterocycles. The Morgan fingerprint density at radius 2 is 1.66 bits per heavy atom. The highest BCUT2D eigenvalue weighted by molar-refractivity contribution is 7.52. The average molecular weight is 419 g/mol. The molecule has 29 heavy (non-hydrogen) atoms. The fourth-order valence-corrected chi connectivity index (χ4v) is 3.91. The molecule has 0 saturated carbocycles. The van der Waals surface area contributed by atoms with Crippen molar-refractivity contribution in [3.8, 4) is 0 Å². The third-order valence-corrected chi connectivity index (χ3v) is 6.33. The van der Waals surface area contributed by atoms with Crippen molar-refractivity contribution < 1.29 is 27.9 Å². The van der Waals surface area contributed by atoms with Crippen LogP contribution in [0.25, 0.3) is 0 Å². The van der Waals surface area contributed by atoms with E-state index in [1.165, 1.54) is 21.3 Å². The first-order valence-corrected chi connectivity index (χ1v) is 10.8. The fourth-order valence-electron chi connectivity index (χ4n) is 2.84. The minimum Gasteiger partial charge on any atom is -0.467 e. The molecule has 7 nitrogen and oxygen atoms in total.